The molecular formula is C9H18OS. The molecule has 2 heteroatoms. The van der Waals surface area contributed by atoms with Gasteiger partial charge in [0.2, 0.25) is 0 Å². The van der Waals surface area contributed by atoms with Crippen LogP contribution in [0.1, 0.15) is 32.1 Å². The van der Waals surface area contributed by atoms with Gasteiger partial charge in [-0.2, -0.15) is 12.6 Å². The van der Waals surface area contributed by atoms with Gasteiger partial charge < -0.3 is 4.74 Å². The fraction of sp³-hybridized carbons (Fsp3) is 1.00. The number of ether oxygens (including phenoxy) is 1. The van der Waals surface area contributed by atoms with Crippen molar-refractivity contribution in [2.75, 3.05) is 19.0 Å². The van der Waals surface area contributed by atoms with Crippen LogP contribution in [0.15, 0.2) is 0 Å². The molecule has 0 bridgehead atoms. The monoisotopic (exact) mass is 174 g/mol. The molecule has 0 aromatic rings. The summed E-state index contributed by atoms with van der Waals surface area (Å²) < 4.78 is 5.43. The molecule has 1 aliphatic carbocycles. The van der Waals surface area contributed by atoms with Gasteiger partial charge in [-0.05, 0) is 24.5 Å². The van der Waals surface area contributed by atoms with Gasteiger partial charge in [0.15, 0.2) is 0 Å². The molecule has 0 saturated heterocycles. The highest BCUT2D eigenvalue weighted by atomic mass is 32.1. The standard InChI is InChI=1S/C9H18OS/c11-8-2-6-10-7-5-9-3-1-4-9/h9,11H,1-8H2. The summed E-state index contributed by atoms with van der Waals surface area (Å²) in [7, 11) is 0. The van der Waals surface area contributed by atoms with Crippen molar-refractivity contribution in [3.63, 3.8) is 0 Å². The SMILES string of the molecule is SCCCOCCC1CCC1. The lowest BCUT2D eigenvalue weighted by molar-refractivity contribution is 0.107. The zero-order valence-corrected chi connectivity index (χ0v) is 7.98. The Hall–Kier alpha value is 0.310. The van der Waals surface area contributed by atoms with E-state index in [1.807, 2.05) is 0 Å². The predicted molar refractivity (Wildman–Crippen MR) is 51.2 cm³/mol. The minimum atomic E-state index is 0.899. The van der Waals surface area contributed by atoms with Gasteiger partial charge in [-0.25, -0.2) is 0 Å². The molecule has 11 heavy (non-hydrogen) atoms. The van der Waals surface area contributed by atoms with E-state index >= 15 is 0 Å². The Morgan fingerprint density at radius 3 is 2.64 bits per heavy atom. The predicted octanol–water partition coefficient (Wildman–Crippen LogP) is 2.51. The van der Waals surface area contributed by atoms with Crippen molar-refractivity contribution in [1.82, 2.24) is 0 Å². The summed E-state index contributed by atoms with van der Waals surface area (Å²) in [6, 6.07) is 0. The molecule has 0 spiro atoms. The summed E-state index contributed by atoms with van der Waals surface area (Å²) >= 11 is 4.11. The van der Waals surface area contributed by atoms with Crippen molar-refractivity contribution in [2.24, 2.45) is 5.92 Å². The third-order valence-corrected chi connectivity index (χ3v) is 2.66. The van der Waals surface area contributed by atoms with Crippen LogP contribution in [-0.2, 0) is 4.74 Å². The molecule has 1 rings (SSSR count). The van der Waals surface area contributed by atoms with E-state index in [4.69, 9.17) is 4.74 Å². The maximum Gasteiger partial charge on any atom is 0.0473 e. The Bertz CT molecular complexity index is 91.6. The van der Waals surface area contributed by atoms with Crippen molar-refractivity contribution in [3.8, 4) is 0 Å². The van der Waals surface area contributed by atoms with E-state index in [9.17, 15) is 0 Å². The minimum absolute atomic E-state index is 0.899. The van der Waals surface area contributed by atoms with Gasteiger partial charge in [-0.3, -0.25) is 0 Å². The van der Waals surface area contributed by atoms with Crippen LogP contribution < -0.4 is 0 Å². The molecule has 0 amide bonds. The summed E-state index contributed by atoms with van der Waals surface area (Å²) in [5.74, 6) is 1.94. The van der Waals surface area contributed by atoms with Crippen molar-refractivity contribution in [2.45, 2.75) is 32.1 Å². The zero-order chi connectivity index (χ0) is 7.94. The Morgan fingerprint density at radius 2 is 2.09 bits per heavy atom. The molecule has 0 aromatic carbocycles. The van der Waals surface area contributed by atoms with E-state index in [-0.39, 0.29) is 0 Å². The van der Waals surface area contributed by atoms with Gasteiger partial charge in [-0.15, -0.1) is 0 Å². The molecule has 1 saturated carbocycles. The smallest absolute Gasteiger partial charge is 0.0473 e. The minimum Gasteiger partial charge on any atom is -0.381 e. The summed E-state index contributed by atoms with van der Waals surface area (Å²) in [6.45, 7) is 1.87. The summed E-state index contributed by atoms with van der Waals surface area (Å²) in [6.07, 6.45) is 6.70. The molecule has 0 aromatic heterocycles. The van der Waals surface area contributed by atoms with Gasteiger partial charge in [-0.1, -0.05) is 19.3 Å². The van der Waals surface area contributed by atoms with Crippen LogP contribution in [-0.4, -0.2) is 19.0 Å². The van der Waals surface area contributed by atoms with Gasteiger partial charge in [0.1, 0.15) is 0 Å². The first-order valence-electron chi connectivity index (χ1n) is 4.62. The average Bonchev–Trinajstić information content (AvgIpc) is 1.93. The first kappa shape index (κ1) is 9.40. The first-order valence-corrected chi connectivity index (χ1v) is 5.25. The topological polar surface area (TPSA) is 9.23 Å². The van der Waals surface area contributed by atoms with Crippen molar-refractivity contribution in [1.29, 1.82) is 0 Å². The first-order chi connectivity index (χ1) is 5.43. The van der Waals surface area contributed by atoms with Gasteiger partial charge in [0.05, 0.1) is 0 Å². The highest BCUT2D eigenvalue weighted by Crippen LogP contribution is 2.28. The maximum absolute atomic E-state index is 5.43. The molecule has 0 N–H and O–H groups in total. The Morgan fingerprint density at radius 1 is 1.27 bits per heavy atom. The van der Waals surface area contributed by atoms with Gasteiger partial charge in [0.25, 0.3) is 0 Å². The second kappa shape index (κ2) is 5.90. The normalized spacial score (nSPS) is 18.3. The molecule has 0 aliphatic heterocycles. The Balaban J connectivity index is 1.73. The summed E-state index contributed by atoms with van der Waals surface area (Å²) in [5, 5.41) is 0. The molecule has 1 fully saturated rings. The molecule has 0 atom stereocenters. The van der Waals surface area contributed by atoms with E-state index in [0.717, 1.165) is 31.3 Å². The van der Waals surface area contributed by atoms with Crippen LogP contribution in [0.3, 0.4) is 0 Å². The fourth-order valence-electron chi connectivity index (χ4n) is 1.30. The third kappa shape index (κ3) is 4.02. The highest BCUT2D eigenvalue weighted by molar-refractivity contribution is 7.80. The summed E-state index contributed by atoms with van der Waals surface area (Å²) in [4.78, 5) is 0. The lowest BCUT2D eigenvalue weighted by Gasteiger charge is -2.24. The van der Waals surface area contributed by atoms with Gasteiger partial charge in [0, 0.05) is 13.2 Å². The van der Waals surface area contributed by atoms with Crippen molar-refractivity contribution in [3.05, 3.63) is 0 Å². The molecule has 0 heterocycles. The van der Waals surface area contributed by atoms with E-state index in [1.54, 1.807) is 0 Å². The number of thiol groups is 1. The quantitative estimate of drug-likeness (QED) is 0.481. The zero-order valence-electron chi connectivity index (χ0n) is 7.09. The molecule has 0 radical (unpaired) electrons. The van der Waals surface area contributed by atoms with Crippen LogP contribution in [0.5, 0.6) is 0 Å². The summed E-state index contributed by atoms with van der Waals surface area (Å²) in [5.41, 5.74) is 0. The molecule has 0 unspecified atom stereocenters. The maximum atomic E-state index is 5.43. The highest BCUT2D eigenvalue weighted by Gasteiger charge is 2.16. The number of hydrogen-bond donors (Lipinski definition) is 1. The van der Waals surface area contributed by atoms with E-state index < -0.39 is 0 Å². The second-order valence-corrected chi connectivity index (χ2v) is 3.72. The van der Waals surface area contributed by atoms with Crippen LogP contribution in [0, 0.1) is 5.92 Å². The fourth-order valence-corrected chi connectivity index (χ4v) is 1.43. The van der Waals surface area contributed by atoms with Crippen molar-refractivity contribution < 1.29 is 4.74 Å². The molecule has 1 aliphatic rings. The number of rotatable bonds is 6. The lowest BCUT2D eigenvalue weighted by Crippen LogP contribution is -2.13. The molecule has 66 valence electrons. The molecule has 1 nitrogen and oxygen atoms in total. The van der Waals surface area contributed by atoms with E-state index in [1.165, 1.54) is 25.7 Å². The van der Waals surface area contributed by atoms with Crippen LogP contribution in [0.25, 0.3) is 0 Å². The van der Waals surface area contributed by atoms with E-state index in [2.05, 4.69) is 12.6 Å². The molecular weight excluding hydrogens is 156 g/mol. The van der Waals surface area contributed by atoms with E-state index in [0.29, 0.717) is 0 Å². The van der Waals surface area contributed by atoms with Gasteiger partial charge >= 0.3 is 0 Å². The Kier molecular flexibility index (Phi) is 5.04. The van der Waals surface area contributed by atoms with Crippen LogP contribution in [0.4, 0.5) is 0 Å². The second-order valence-electron chi connectivity index (χ2n) is 3.28. The number of hydrogen-bond acceptors (Lipinski definition) is 2. The lowest BCUT2D eigenvalue weighted by atomic mass is 9.83. The van der Waals surface area contributed by atoms with Crippen LogP contribution >= 0.6 is 12.6 Å². The average molecular weight is 174 g/mol. The van der Waals surface area contributed by atoms with Crippen molar-refractivity contribution >= 4 is 12.6 Å². The van der Waals surface area contributed by atoms with Crippen LogP contribution in [0.2, 0.25) is 0 Å². The third-order valence-electron chi connectivity index (χ3n) is 2.34. The Labute approximate surface area is 74.9 Å². The largest absolute Gasteiger partial charge is 0.381 e.